The van der Waals surface area contributed by atoms with Crippen molar-refractivity contribution in [2.24, 2.45) is 0 Å². The second kappa shape index (κ2) is 8.93. The number of hydrogen-bond acceptors (Lipinski definition) is 2. The van der Waals surface area contributed by atoms with Crippen LogP contribution in [0.15, 0.2) is 24.3 Å². The van der Waals surface area contributed by atoms with Crippen LogP contribution in [0.5, 0.6) is 0 Å². The van der Waals surface area contributed by atoms with Gasteiger partial charge in [-0.05, 0) is 6.92 Å². The Morgan fingerprint density at radius 3 is 2.91 bits per heavy atom. The summed E-state index contributed by atoms with van der Waals surface area (Å²) in [6.07, 6.45) is 8.20. The second-order valence-corrected chi connectivity index (χ2v) is 1.94. The van der Waals surface area contributed by atoms with Crippen molar-refractivity contribution >= 4 is 0 Å². The minimum atomic E-state index is 0.470. The number of ether oxygens (including phenoxy) is 1. The van der Waals surface area contributed by atoms with E-state index < -0.39 is 0 Å². The minimum Gasteiger partial charge on any atom is -0.376 e. The Morgan fingerprint density at radius 1 is 1.45 bits per heavy atom. The molecule has 11 heavy (non-hydrogen) atoms. The van der Waals surface area contributed by atoms with E-state index in [0.717, 1.165) is 0 Å². The molecule has 0 atom stereocenters. The molecule has 0 saturated heterocycles. The molecule has 0 unspecified atom stereocenters. The van der Waals surface area contributed by atoms with Gasteiger partial charge in [-0.2, -0.15) is 5.26 Å². The zero-order chi connectivity index (χ0) is 8.36. The topological polar surface area (TPSA) is 33.0 Å². The van der Waals surface area contributed by atoms with Crippen molar-refractivity contribution in [2.45, 2.75) is 13.3 Å². The molecule has 0 bridgehead atoms. The maximum absolute atomic E-state index is 8.15. The number of hydrogen-bond donors (Lipinski definition) is 0. The van der Waals surface area contributed by atoms with E-state index in [2.05, 4.69) is 0 Å². The highest BCUT2D eigenvalue weighted by Gasteiger charge is 1.80. The van der Waals surface area contributed by atoms with Crippen LogP contribution in [0.25, 0.3) is 0 Å². The first-order valence-electron chi connectivity index (χ1n) is 3.64. The predicted molar refractivity (Wildman–Crippen MR) is 45.0 cm³/mol. The minimum absolute atomic E-state index is 0.470. The van der Waals surface area contributed by atoms with Gasteiger partial charge in [0, 0.05) is 0 Å². The molecule has 0 aromatic heterocycles. The summed E-state index contributed by atoms with van der Waals surface area (Å²) in [5.41, 5.74) is 0. The van der Waals surface area contributed by atoms with E-state index >= 15 is 0 Å². The lowest BCUT2D eigenvalue weighted by Gasteiger charge is -1.92. The first-order valence-corrected chi connectivity index (χ1v) is 3.64. The monoisotopic (exact) mass is 151 g/mol. The summed E-state index contributed by atoms with van der Waals surface area (Å²) in [5, 5.41) is 8.15. The quantitative estimate of drug-likeness (QED) is 0.445. The summed E-state index contributed by atoms with van der Waals surface area (Å²) in [4.78, 5) is 0. The molecule has 60 valence electrons. The third-order valence-corrected chi connectivity index (χ3v) is 1.01. The van der Waals surface area contributed by atoms with Gasteiger partial charge in [0.15, 0.2) is 0 Å². The average Bonchev–Trinajstić information content (AvgIpc) is 2.03. The lowest BCUT2D eigenvalue weighted by Crippen LogP contribution is -1.91. The van der Waals surface area contributed by atoms with E-state index in [1.54, 1.807) is 0 Å². The third kappa shape index (κ3) is 8.93. The Balaban J connectivity index is 3.08. The SMILES string of the molecule is CC=CC=CCOCCC#N. The molecule has 0 aliphatic rings. The van der Waals surface area contributed by atoms with Gasteiger partial charge in [-0.3, -0.25) is 0 Å². The fourth-order valence-electron chi connectivity index (χ4n) is 0.514. The van der Waals surface area contributed by atoms with Crippen LogP contribution in [0, 0.1) is 11.3 Å². The molecule has 0 N–H and O–H groups in total. The normalized spacial score (nSPS) is 10.9. The third-order valence-electron chi connectivity index (χ3n) is 1.01. The van der Waals surface area contributed by atoms with Gasteiger partial charge in [0.25, 0.3) is 0 Å². The molecule has 0 spiro atoms. The van der Waals surface area contributed by atoms with Gasteiger partial charge < -0.3 is 4.74 Å². The van der Waals surface area contributed by atoms with Crippen molar-refractivity contribution < 1.29 is 4.74 Å². The zero-order valence-corrected chi connectivity index (χ0v) is 6.79. The smallest absolute Gasteiger partial charge is 0.0650 e. The molecular formula is C9H13NO. The van der Waals surface area contributed by atoms with Crippen molar-refractivity contribution in [2.75, 3.05) is 13.2 Å². The summed E-state index contributed by atoms with van der Waals surface area (Å²) >= 11 is 0. The van der Waals surface area contributed by atoms with E-state index in [4.69, 9.17) is 10.00 Å². The molecule has 0 heterocycles. The Morgan fingerprint density at radius 2 is 2.27 bits per heavy atom. The predicted octanol–water partition coefficient (Wildman–Crippen LogP) is 2.05. The molecule has 2 heteroatoms. The van der Waals surface area contributed by atoms with Crippen LogP contribution in [-0.2, 0) is 4.74 Å². The van der Waals surface area contributed by atoms with Crippen LogP contribution >= 0.6 is 0 Å². The average molecular weight is 151 g/mol. The van der Waals surface area contributed by atoms with Crippen molar-refractivity contribution in [3.63, 3.8) is 0 Å². The Hall–Kier alpha value is -1.07. The maximum Gasteiger partial charge on any atom is 0.0650 e. The van der Waals surface area contributed by atoms with Crippen LogP contribution in [0.2, 0.25) is 0 Å². The first-order chi connectivity index (χ1) is 5.41. The lowest BCUT2D eigenvalue weighted by molar-refractivity contribution is 0.168. The molecular weight excluding hydrogens is 138 g/mol. The lowest BCUT2D eigenvalue weighted by atomic mass is 10.4. The van der Waals surface area contributed by atoms with Crippen LogP contribution in [-0.4, -0.2) is 13.2 Å². The number of allylic oxidation sites excluding steroid dienone is 3. The van der Waals surface area contributed by atoms with Crippen LogP contribution in [0.3, 0.4) is 0 Å². The molecule has 0 aliphatic heterocycles. The summed E-state index contributed by atoms with van der Waals surface area (Å²) in [6.45, 7) is 3.07. The van der Waals surface area contributed by atoms with Gasteiger partial charge in [-0.15, -0.1) is 0 Å². The summed E-state index contributed by atoms with van der Waals surface area (Å²) in [7, 11) is 0. The summed E-state index contributed by atoms with van der Waals surface area (Å²) in [5.74, 6) is 0. The van der Waals surface area contributed by atoms with E-state index in [9.17, 15) is 0 Å². The van der Waals surface area contributed by atoms with Gasteiger partial charge in [-0.1, -0.05) is 24.3 Å². The zero-order valence-electron chi connectivity index (χ0n) is 6.79. The van der Waals surface area contributed by atoms with Crippen molar-refractivity contribution in [3.05, 3.63) is 24.3 Å². The van der Waals surface area contributed by atoms with Gasteiger partial charge in [-0.25, -0.2) is 0 Å². The van der Waals surface area contributed by atoms with Crippen molar-refractivity contribution in [1.29, 1.82) is 5.26 Å². The van der Waals surface area contributed by atoms with E-state index in [1.807, 2.05) is 37.3 Å². The fourth-order valence-corrected chi connectivity index (χ4v) is 0.514. The highest BCUT2D eigenvalue weighted by Crippen LogP contribution is 1.82. The molecule has 0 radical (unpaired) electrons. The van der Waals surface area contributed by atoms with Gasteiger partial charge in [0.2, 0.25) is 0 Å². The van der Waals surface area contributed by atoms with Crippen LogP contribution in [0.1, 0.15) is 13.3 Å². The second-order valence-electron chi connectivity index (χ2n) is 1.94. The van der Waals surface area contributed by atoms with Gasteiger partial charge in [0.05, 0.1) is 25.7 Å². The highest BCUT2D eigenvalue weighted by atomic mass is 16.5. The Bertz CT molecular complexity index is 165. The standard InChI is InChI=1S/C9H13NO/c1-2-3-4-5-8-11-9-6-7-10/h2-5H,6,8-9H2,1H3. The van der Waals surface area contributed by atoms with Gasteiger partial charge in [0.1, 0.15) is 0 Å². The molecule has 0 saturated carbocycles. The van der Waals surface area contributed by atoms with Crippen LogP contribution < -0.4 is 0 Å². The Kier molecular flexibility index (Phi) is 8.06. The first kappa shape index (κ1) is 9.93. The molecule has 0 aromatic rings. The maximum atomic E-state index is 8.15. The molecule has 0 rings (SSSR count). The Labute approximate surface area is 67.8 Å². The van der Waals surface area contributed by atoms with E-state index in [1.165, 1.54) is 0 Å². The molecule has 0 amide bonds. The number of rotatable bonds is 5. The van der Waals surface area contributed by atoms with Crippen molar-refractivity contribution in [3.8, 4) is 6.07 Å². The summed E-state index contributed by atoms with van der Waals surface area (Å²) < 4.78 is 5.08. The van der Waals surface area contributed by atoms with Crippen molar-refractivity contribution in [1.82, 2.24) is 0 Å². The van der Waals surface area contributed by atoms with Crippen LogP contribution in [0.4, 0.5) is 0 Å². The highest BCUT2D eigenvalue weighted by molar-refractivity contribution is 5.00. The molecule has 0 aliphatic carbocycles. The number of nitrogens with zero attached hydrogens (tertiary/aromatic N) is 1. The van der Waals surface area contributed by atoms with Gasteiger partial charge >= 0.3 is 0 Å². The van der Waals surface area contributed by atoms with E-state index in [-0.39, 0.29) is 0 Å². The fraction of sp³-hybridized carbons (Fsp3) is 0.444. The number of nitriles is 1. The molecule has 2 nitrogen and oxygen atoms in total. The summed E-state index contributed by atoms with van der Waals surface area (Å²) in [6, 6.07) is 2.01. The molecule has 0 aromatic carbocycles. The largest absolute Gasteiger partial charge is 0.376 e. The molecule has 0 fully saturated rings. The van der Waals surface area contributed by atoms with E-state index in [0.29, 0.717) is 19.6 Å².